The zero-order valence-electron chi connectivity index (χ0n) is 15.3. The molecule has 0 fully saturated rings. The fourth-order valence-electron chi connectivity index (χ4n) is 2.73. The largest absolute Gasteiger partial charge is 0.454 e. The lowest BCUT2D eigenvalue weighted by Crippen LogP contribution is -2.27. The first kappa shape index (κ1) is 19.2. The minimum absolute atomic E-state index is 0.148. The molecule has 2 aromatic rings. The molecule has 0 saturated heterocycles. The molecule has 0 spiro atoms. The number of rotatable bonds is 7. The van der Waals surface area contributed by atoms with E-state index in [4.69, 9.17) is 9.47 Å². The van der Waals surface area contributed by atoms with Gasteiger partial charge in [-0.25, -0.2) is 12.7 Å². The van der Waals surface area contributed by atoms with Gasteiger partial charge in [0.25, 0.3) is 0 Å². The topological polar surface area (TPSA) is 84.9 Å². The van der Waals surface area contributed by atoms with Gasteiger partial charge in [-0.2, -0.15) is 0 Å². The Kier molecular flexibility index (Phi) is 5.67. The van der Waals surface area contributed by atoms with Crippen LogP contribution in [0.15, 0.2) is 47.4 Å². The van der Waals surface area contributed by atoms with E-state index >= 15 is 0 Å². The number of hydrogen-bond donors (Lipinski definition) is 1. The molecule has 3 rings (SSSR count). The van der Waals surface area contributed by atoms with Gasteiger partial charge >= 0.3 is 0 Å². The van der Waals surface area contributed by atoms with Gasteiger partial charge in [0.15, 0.2) is 11.5 Å². The van der Waals surface area contributed by atoms with Crippen LogP contribution >= 0.6 is 0 Å². The summed E-state index contributed by atoms with van der Waals surface area (Å²) in [6.07, 6.45) is 0.850. The molecule has 7 nitrogen and oxygen atoms in total. The van der Waals surface area contributed by atoms with E-state index in [0.29, 0.717) is 29.9 Å². The standard InChI is InChI=1S/C19H22N2O5S/c1-21(2)27(23,24)18-6-4-3-5-15(18)12-20-19(22)10-8-14-7-9-16-17(11-14)26-13-25-16/h3-7,9,11H,8,10,12-13H2,1-2H3,(H,20,22). The van der Waals surface area contributed by atoms with E-state index in [-0.39, 0.29) is 24.1 Å². The summed E-state index contributed by atoms with van der Waals surface area (Å²) in [5.74, 6) is 1.25. The highest BCUT2D eigenvalue weighted by Crippen LogP contribution is 2.32. The highest BCUT2D eigenvalue weighted by molar-refractivity contribution is 7.89. The quantitative estimate of drug-likeness (QED) is 0.781. The van der Waals surface area contributed by atoms with E-state index < -0.39 is 10.0 Å². The Morgan fingerprint density at radius 3 is 2.63 bits per heavy atom. The van der Waals surface area contributed by atoms with E-state index in [1.807, 2.05) is 18.2 Å². The number of hydrogen-bond acceptors (Lipinski definition) is 5. The number of benzene rings is 2. The number of ether oxygens (including phenoxy) is 2. The highest BCUT2D eigenvalue weighted by atomic mass is 32.2. The predicted molar refractivity (Wildman–Crippen MR) is 100 cm³/mol. The SMILES string of the molecule is CN(C)S(=O)(=O)c1ccccc1CNC(=O)CCc1ccc2c(c1)OCO2. The minimum Gasteiger partial charge on any atom is -0.454 e. The molecule has 0 aromatic heterocycles. The van der Waals surface area contributed by atoms with Crippen molar-refractivity contribution in [3.05, 3.63) is 53.6 Å². The van der Waals surface area contributed by atoms with Crippen LogP contribution in [-0.4, -0.2) is 39.5 Å². The lowest BCUT2D eigenvalue weighted by Gasteiger charge is -2.15. The van der Waals surface area contributed by atoms with Gasteiger partial charge in [-0.15, -0.1) is 0 Å². The van der Waals surface area contributed by atoms with Crippen molar-refractivity contribution in [1.82, 2.24) is 9.62 Å². The molecule has 0 unspecified atom stereocenters. The zero-order chi connectivity index (χ0) is 19.4. The molecule has 1 amide bonds. The van der Waals surface area contributed by atoms with Crippen LogP contribution in [0.2, 0.25) is 0 Å². The molecule has 0 atom stereocenters. The summed E-state index contributed by atoms with van der Waals surface area (Å²) < 4.78 is 36.5. The average Bonchev–Trinajstić information content (AvgIpc) is 3.12. The Balaban J connectivity index is 1.58. The van der Waals surface area contributed by atoms with Crippen molar-refractivity contribution in [2.45, 2.75) is 24.3 Å². The molecule has 144 valence electrons. The first-order valence-electron chi connectivity index (χ1n) is 8.53. The van der Waals surface area contributed by atoms with Gasteiger partial charge in [0.05, 0.1) is 4.90 Å². The normalized spacial score (nSPS) is 13.0. The molecule has 0 aliphatic carbocycles. The van der Waals surface area contributed by atoms with Crippen molar-refractivity contribution in [3.8, 4) is 11.5 Å². The molecule has 8 heteroatoms. The third-order valence-corrected chi connectivity index (χ3v) is 6.20. The second-order valence-electron chi connectivity index (χ2n) is 6.36. The van der Waals surface area contributed by atoms with Crippen LogP contribution in [0.25, 0.3) is 0 Å². The molecular weight excluding hydrogens is 368 g/mol. The molecule has 1 heterocycles. The molecular formula is C19H22N2O5S. The summed E-state index contributed by atoms with van der Waals surface area (Å²) in [6.45, 7) is 0.373. The van der Waals surface area contributed by atoms with Crippen LogP contribution < -0.4 is 14.8 Å². The predicted octanol–water partition coefficient (Wildman–Crippen LogP) is 1.91. The van der Waals surface area contributed by atoms with E-state index in [1.54, 1.807) is 24.3 Å². The van der Waals surface area contributed by atoms with Gasteiger partial charge in [-0.3, -0.25) is 4.79 Å². The Morgan fingerprint density at radius 2 is 1.85 bits per heavy atom. The number of fused-ring (bicyclic) bond motifs is 1. The fourth-order valence-corrected chi connectivity index (χ4v) is 3.85. The van der Waals surface area contributed by atoms with Crippen molar-refractivity contribution in [3.63, 3.8) is 0 Å². The number of sulfonamides is 1. The molecule has 1 N–H and O–H groups in total. The number of aryl methyl sites for hydroxylation is 1. The monoisotopic (exact) mass is 390 g/mol. The molecule has 2 aromatic carbocycles. The van der Waals surface area contributed by atoms with Crippen LogP contribution in [-0.2, 0) is 27.8 Å². The van der Waals surface area contributed by atoms with Gasteiger partial charge in [-0.05, 0) is 35.7 Å². The summed E-state index contributed by atoms with van der Waals surface area (Å²) >= 11 is 0. The van der Waals surface area contributed by atoms with Crippen LogP contribution in [0, 0.1) is 0 Å². The first-order chi connectivity index (χ1) is 12.9. The van der Waals surface area contributed by atoms with Crippen LogP contribution in [0.5, 0.6) is 11.5 Å². The highest BCUT2D eigenvalue weighted by Gasteiger charge is 2.20. The maximum Gasteiger partial charge on any atom is 0.242 e. The number of amides is 1. The van der Waals surface area contributed by atoms with Crippen molar-refractivity contribution < 1.29 is 22.7 Å². The van der Waals surface area contributed by atoms with Crippen LogP contribution in [0.1, 0.15) is 17.5 Å². The second-order valence-corrected chi connectivity index (χ2v) is 8.48. The molecule has 0 radical (unpaired) electrons. The van der Waals surface area contributed by atoms with E-state index in [2.05, 4.69) is 5.32 Å². The summed E-state index contributed by atoms with van der Waals surface area (Å²) in [5.41, 5.74) is 1.53. The van der Waals surface area contributed by atoms with Gasteiger partial charge in [0.2, 0.25) is 22.7 Å². The second kappa shape index (κ2) is 7.98. The van der Waals surface area contributed by atoms with Gasteiger partial charge in [-0.1, -0.05) is 24.3 Å². The Labute approximate surface area is 158 Å². The van der Waals surface area contributed by atoms with Gasteiger partial charge < -0.3 is 14.8 Å². The molecule has 0 bridgehead atoms. The third kappa shape index (κ3) is 4.40. The van der Waals surface area contributed by atoms with Gasteiger partial charge in [0.1, 0.15) is 0 Å². The summed E-state index contributed by atoms with van der Waals surface area (Å²) in [6, 6.07) is 12.3. The van der Waals surface area contributed by atoms with Crippen molar-refractivity contribution in [2.75, 3.05) is 20.9 Å². The summed E-state index contributed by atoms with van der Waals surface area (Å²) in [4.78, 5) is 12.4. The number of carbonyl (C=O) groups is 1. The van der Waals surface area contributed by atoms with Crippen molar-refractivity contribution >= 4 is 15.9 Å². The molecule has 0 saturated carbocycles. The lowest BCUT2D eigenvalue weighted by molar-refractivity contribution is -0.121. The third-order valence-electron chi connectivity index (χ3n) is 4.28. The van der Waals surface area contributed by atoms with E-state index in [0.717, 1.165) is 9.87 Å². The molecule has 1 aliphatic rings. The lowest BCUT2D eigenvalue weighted by atomic mass is 10.1. The minimum atomic E-state index is -3.56. The number of nitrogens with one attached hydrogen (secondary N) is 1. The Bertz CT molecular complexity index is 941. The number of carbonyl (C=O) groups excluding carboxylic acids is 1. The molecule has 1 aliphatic heterocycles. The van der Waals surface area contributed by atoms with E-state index in [1.165, 1.54) is 14.1 Å². The molecule has 27 heavy (non-hydrogen) atoms. The first-order valence-corrected chi connectivity index (χ1v) is 9.97. The Hall–Kier alpha value is -2.58. The zero-order valence-corrected chi connectivity index (χ0v) is 16.1. The maximum absolute atomic E-state index is 12.4. The smallest absolute Gasteiger partial charge is 0.242 e. The van der Waals surface area contributed by atoms with Crippen LogP contribution in [0.4, 0.5) is 0 Å². The fraction of sp³-hybridized carbons (Fsp3) is 0.316. The van der Waals surface area contributed by atoms with Crippen molar-refractivity contribution in [2.24, 2.45) is 0 Å². The number of nitrogens with zero attached hydrogens (tertiary/aromatic N) is 1. The van der Waals surface area contributed by atoms with E-state index in [9.17, 15) is 13.2 Å². The average molecular weight is 390 g/mol. The summed E-state index contributed by atoms with van der Waals surface area (Å²) in [7, 11) is -0.596. The van der Waals surface area contributed by atoms with Crippen molar-refractivity contribution in [1.29, 1.82) is 0 Å². The summed E-state index contributed by atoms with van der Waals surface area (Å²) in [5, 5.41) is 2.80. The Morgan fingerprint density at radius 1 is 1.11 bits per heavy atom. The maximum atomic E-state index is 12.4. The van der Waals surface area contributed by atoms with Crippen LogP contribution in [0.3, 0.4) is 0 Å². The van der Waals surface area contributed by atoms with Gasteiger partial charge in [0, 0.05) is 27.1 Å².